The van der Waals surface area contributed by atoms with Crippen LogP contribution in [0.15, 0.2) is 42.5 Å². The topological polar surface area (TPSA) is 108 Å². The minimum atomic E-state index is -1.06. The largest absolute Gasteiger partial charge is 0.508 e. The van der Waals surface area contributed by atoms with Crippen LogP contribution in [0.3, 0.4) is 0 Å². The summed E-state index contributed by atoms with van der Waals surface area (Å²) in [6, 6.07) is 9.47. The number of hydrogen-bond donors (Lipinski definition) is 3. The first-order valence-electron chi connectivity index (χ1n) is 12.6. The van der Waals surface area contributed by atoms with Crippen molar-refractivity contribution in [1.29, 1.82) is 0 Å². The van der Waals surface area contributed by atoms with Gasteiger partial charge in [0.2, 0.25) is 5.91 Å². The summed E-state index contributed by atoms with van der Waals surface area (Å²) >= 11 is 7.94. The number of ether oxygens (including phenoxy) is 1. The fourth-order valence-electron chi connectivity index (χ4n) is 4.11. The molecule has 0 heterocycles. The highest BCUT2D eigenvalue weighted by atomic mass is 35.5. The van der Waals surface area contributed by atoms with Gasteiger partial charge in [-0.3, -0.25) is 9.59 Å². The van der Waals surface area contributed by atoms with Gasteiger partial charge in [-0.05, 0) is 88.3 Å². The lowest BCUT2D eigenvalue weighted by Gasteiger charge is -2.35. The highest BCUT2D eigenvalue weighted by molar-refractivity contribution is 7.98. The molecule has 1 saturated carbocycles. The summed E-state index contributed by atoms with van der Waals surface area (Å²) in [4.78, 5) is 42.2. The van der Waals surface area contributed by atoms with Crippen LogP contribution >= 0.6 is 23.4 Å². The number of nitrogens with one attached hydrogen (secondary N) is 2. The van der Waals surface area contributed by atoms with Gasteiger partial charge >= 0.3 is 6.09 Å². The molecule has 10 heteroatoms. The van der Waals surface area contributed by atoms with E-state index in [9.17, 15) is 19.5 Å². The number of phenolic OH excluding ortho intramolecular Hbond substituents is 1. The molecule has 206 valence electrons. The minimum absolute atomic E-state index is 0.0248. The van der Waals surface area contributed by atoms with Crippen molar-refractivity contribution in [3.8, 4) is 5.75 Å². The number of halogens is 1. The number of carbonyl (C=O) groups is 3. The second-order valence-corrected chi connectivity index (χ2v) is 11.8. The lowest BCUT2D eigenvalue weighted by Crippen LogP contribution is -2.53. The quantitative estimate of drug-likeness (QED) is 0.345. The number of para-hydroxylation sites is 1. The van der Waals surface area contributed by atoms with E-state index < -0.39 is 29.7 Å². The van der Waals surface area contributed by atoms with Gasteiger partial charge in [-0.25, -0.2) is 4.79 Å². The van der Waals surface area contributed by atoms with Gasteiger partial charge in [0.1, 0.15) is 23.4 Å². The van der Waals surface area contributed by atoms with Crippen LogP contribution in [0.5, 0.6) is 5.75 Å². The van der Waals surface area contributed by atoms with Crippen LogP contribution in [0.25, 0.3) is 0 Å². The molecule has 0 saturated heterocycles. The fraction of sp³-hybridized carbons (Fsp3) is 0.464. The predicted octanol–water partition coefficient (Wildman–Crippen LogP) is 5.67. The Kier molecular flexibility index (Phi) is 9.95. The molecule has 0 aromatic heterocycles. The van der Waals surface area contributed by atoms with Crippen molar-refractivity contribution in [3.63, 3.8) is 0 Å². The highest BCUT2D eigenvalue weighted by Gasteiger charge is 2.44. The molecule has 0 bridgehead atoms. The molecule has 38 heavy (non-hydrogen) atoms. The molecule has 3 amide bonds. The van der Waals surface area contributed by atoms with Crippen LogP contribution in [0.4, 0.5) is 10.5 Å². The molecular weight excluding hydrogens is 526 g/mol. The summed E-state index contributed by atoms with van der Waals surface area (Å²) in [6.45, 7) is 7.08. The number of hydrogen-bond acceptors (Lipinski definition) is 6. The van der Waals surface area contributed by atoms with Gasteiger partial charge in [0.15, 0.2) is 0 Å². The number of alkyl carbamates (subject to hydrolysis) is 1. The summed E-state index contributed by atoms with van der Waals surface area (Å²) in [5, 5.41) is 16.2. The van der Waals surface area contributed by atoms with Crippen molar-refractivity contribution in [2.24, 2.45) is 0 Å². The van der Waals surface area contributed by atoms with Crippen LogP contribution in [0, 0.1) is 6.92 Å². The summed E-state index contributed by atoms with van der Waals surface area (Å²) in [5.74, 6) is -0.255. The highest BCUT2D eigenvalue weighted by Crippen LogP contribution is 2.38. The predicted molar refractivity (Wildman–Crippen MR) is 152 cm³/mol. The zero-order valence-corrected chi connectivity index (χ0v) is 24.0. The number of thioether (sulfide) groups is 1. The number of carbonyl (C=O) groups excluding carboxylic acids is 3. The van der Waals surface area contributed by atoms with Crippen molar-refractivity contribution in [3.05, 3.63) is 58.6 Å². The number of phenols is 1. The van der Waals surface area contributed by atoms with E-state index in [2.05, 4.69) is 10.6 Å². The van der Waals surface area contributed by atoms with Crippen molar-refractivity contribution in [2.75, 3.05) is 17.3 Å². The first-order valence-corrected chi connectivity index (χ1v) is 14.3. The molecular formula is C28H36ClN3O5S. The Morgan fingerprint density at radius 1 is 1.18 bits per heavy atom. The van der Waals surface area contributed by atoms with E-state index in [4.69, 9.17) is 16.3 Å². The van der Waals surface area contributed by atoms with E-state index >= 15 is 0 Å². The van der Waals surface area contributed by atoms with Gasteiger partial charge in [0.25, 0.3) is 5.91 Å². The molecule has 2 aromatic rings. The monoisotopic (exact) mass is 561 g/mol. The Labute approximate surface area is 233 Å². The third-order valence-corrected chi connectivity index (χ3v) is 6.94. The fourth-order valence-corrected chi connectivity index (χ4v) is 4.85. The second kappa shape index (κ2) is 12.8. The SMILES string of the molecule is CSCCC(NC(=O)OC(C)(C)C)C(=O)N(C1CC1)C(C(=O)Nc1c(C)cccc1Cl)c1cccc(O)c1. The molecule has 8 nitrogen and oxygen atoms in total. The van der Waals surface area contributed by atoms with E-state index in [0.717, 1.165) is 18.4 Å². The van der Waals surface area contributed by atoms with E-state index in [0.29, 0.717) is 28.4 Å². The summed E-state index contributed by atoms with van der Waals surface area (Å²) in [7, 11) is 0. The number of nitrogens with zero attached hydrogens (tertiary/aromatic N) is 1. The van der Waals surface area contributed by atoms with Crippen LogP contribution in [0.1, 0.15) is 57.2 Å². The summed E-state index contributed by atoms with van der Waals surface area (Å²) in [6.07, 6.45) is 3.03. The second-order valence-electron chi connectivity index (χ2n) is 10.4. The first kappa shape index (κ1) is 29.6. The Bertz CT molecular complexity index is 1150. The normalized spacial score (nSPS) is 14.8. The molecule has 0 aliphatic heterocycles. The molecule has 3 N–H and O–H groups in total. The molecule has 0 spiro atoms. The van der Waals surface area contributed by atoms with E-state index in [1.165, 1.54) is 12.1 Å². The molecule has 1 aliphatic rings. The molecule has 2 aromatic carbocycles. The average molecular weight is 562 g/mol. The lowest BCUT2D eigenvalue weighted by atomic mass is 10.0. The number of benzene rings is 2. The standard InChI is InChI=1S/C28H36ClN3O5S/c1-17-8-6-11-21(29)23(17)31-25(34)24(18-9-7-10-20(33)16-18)32(19-12-13-19)26(35)22(14-15-38-5)30-27(36)37-28(2,3)4/h6-11,16,19,22,24,33H,12-15H2,1-5H3,(H,30,36)(H,31,34). The van der Waals surface area contributed by atoms with Crippen molar-refractivity contribution in [2.45, 2.75) is 70.7 Å². The van der Waals surface area contributed by atoms with Gasteiger partial charge in [-0.2, -0.15) is 11.8 Å². The minimum Gasteiger partial charge on any atom is -0.508 e. The van der Waals surface area contributed by atoms with Crippen LogP contribution in [0.2, 0.25) is 5.02 Å². The molecule has 1 aliphatic carbocycles. The maximum atomic E-state index is 14.1. The molecule has 0 radical (unpaired) electrons. The molecule has 1 fully saturated rings. The lowest BCUT2D eigenvalue weighted by molar-refractivity contribution is -0.141. The van der Waals surface area contributed by atoms with E-state index in [1.807, 2.05) is 19.2 Å². The van der Waals surface area contributed by atoms with E-state index in [1.54, 1.807) is 61.7 Å². The van der Waals surface area contributed by atoms with Crippen molar-refractivity contribution in [1.82, 2.24) is 10.2 Å². The van der Waals surface area contributed by atoms with Gasteiger partial charge in [0, 0.05) is 6.04 Å². The van der Waals surface area contributed by atoms with Crippen LogP contribution < -0.4 is 10.6 Å². The molecule has 2 unspecified atom stereocenters. The Morgan fingerprint density at radius 3 is 2.45 bits per heavy atom. The van der Waals surface area contributed by atoms with Gasteiger partial charge < -0.3 is 25.4 Å². The zero-order chi connectivity index (χ0) is 28.0. The van der Waals surface area contributed by atoms with E-state index in [-0.39, 0.29) is 17.7 Å². The Morgan fingerprint density at radius 2 is 1.87 bits per heavy atom. The molecule has 2 atom stereocenters. The first-order chi connectivity index (χ1) is 17.9. The summed E-state index contributed by atoms with van der Waals surface area (Å²) < 4.78 is 5.41. The number of rotatable bonds is 10. The summed E-state index contributed by atoms with van der Waals surface area (Å²) in [5.41, 5.74) is 0.949. The van der Waals surface area contributed by atoms with Crippen molar-refractivity contribution >= 4 is 47.0 Å². The van der Waals surface area contributed by atoms with Gasteiger partial charge in [-0.15, -0.1) is 0 Å². The maximum Gasteiger partial charge on any atom is 0.408 e. The maximum absolute atomic E-state index is 14.1. The van der Waals surface area contributed by atoms with Crippen molar-refractivity contribution < 1.29 is 24.2 Å². The number of aryl methyl sites for hydroxylation is 1. The number of amides is 3. The Balaban J connectivity index is 2.00. The Hall–Kier alpha value is -2.91. The third-order valence-electron chi connectivity index (χ3n) is 5.98. The smallest absolute Gasteiger partial charge is 0.408 e. The number of anilines is 1. The molecule has 3 rings (SSSR count). The average Bonchev–Trinajstić information content (AvgIpc) is 3.66. The van der Waals surface area contributed by atoms with Crippen LogP contribution in [-0.4, -0.2) is 57.6 Å². The zero-order valence-electron chi connectivity index (χ0n) is 22.4. The third kappa shape index (κ3) is 8.04. The van der Waals surface area contributed by atoms with Gasteiger partial charge in [-0.1, -0.05) is 35.9 Å². The van der Waals surface area contributed by atoms with Gasteiger partial charge in [0.05, 0.1) is 10.7 Å². The van der Waals surface area contributed by atoms with Crippen LogP contribution in [-0.2, 0) is 14.3 Å². The number of aromatic hydroxyl groups is 1.